The molecule has 4 aromatic rings. The predicted octanol–water partition coefficient (Wildman–Crippen LogP) is 5.64. The Morgan fingerprint density at radius 2 is 1.61 bits per heavy atom. The van der Waals surface area contributed by atoms with Crippen LogP contribution in [0.3, 0.4) is 0 Å². The van der Waals surface area contributed by atoms with Gasteiger partial charge in [-0.1, -0.05) is 66.7 Å². The largest absolute Gasteiger partial charge is 0.328 e. The van der Waals surface area contributed by atoms with Gasteiger partial charge >= 0.3 is 0 Å². The van der Waals surface area contributed by atoms with Gasteiger partial charge in [-0.2, -0.15) is 0 Å². The van der Waals surface area contributed by atoms with E-state index in [2.05, 4.69) is 36.2 Å². The number of carbonyl (C=O) groups is 1. The van der Waals surface area contributed by atoms with Crippen molar-refractivity contribution in [2.24, 2.45) is 0 Å². The quantitative estimate of drug-likeness (QED) is 0.458. The number of amides is 1. The van der Waals surface area contributed by atoms with E-state index in [0.29, 0.717) is 12.1 Å². The van der Waals surface area contributed by atoms with E-state index >= 15 is 0 Å². The van der Waals surface area contributed by atoms with E-state index < -0.39 is 0 Å². The molecule has 0 spiro atoms. The highest BCUT2D eigenvalue weighted by Gasteiger charge is 2.23. The first-order valence-electron chi connectivity index (χ1n) is 9.47. The van der Waals surface area contributed by atoms with E-state index in [1.54, 1.807) is 6.20 Å². The lowest BCUT2D eigenvalue weighted by atomic mass is 10.0. The third kappa shape index (κ3) is 3.79. The van der Waals surface area contributed by atoms with Crippen LogP contribution in [0.4, 0.5) is 0 Å². The zero-order chi connectivity index (χ0) is 19.3. The summed E-state index contributed by atoms with van der Waals surface area (Å²) in [7, 11) is 0. The fourth-order valence-corrected chi connectivity index (χ4v) is 3.45. The number of rotatable bonds is 5. The molecule has 0 saturated heterocycles. The summed E-state index contributed by atoms with van der Waals surface area (Å²) in [5, 5.41) is 0.973. The summed E-state index contributed by atoms with van der Waals surface area (Å²) < 4.78 is 0. The molecule has 0 radical (unpaired) electrons. The van der Waals surface area contributed by atoms with Crippen LogP contribution in [-0.2, 0) is 6.54 Å². The van der Waals surface area contributed by atoms with Crippen molar-refractivity contribution in [3.8, 4) is 0 Å². The molecule has 0 aliphatic rings. The Morgan fingerprint density at radius 1 is 0.893 bits per heavy atom. The minimum Gasteiger partial charge on any atom is -0.328 e. The lowest BCUT2D eigenvalue weighted by Gasteiger charge is -2.30. The standard InChI is InChI=1S/C25H22N2O/c1-19(21-11-6-3-7-12-21)27(18-20-9-4-2-5-10-20)25(28)23-14-15-24-22(17-23)13-8-16-26-24/h2-17,19H,18H2,1H3. The molecule has 3 aromatic carbocycles. The highest BCUT2D eigenvalue weighted by Crippen LogP contribution is 2.25. The van der Waals surface area contributed by atoms with Crippen molar-refractivity contribution < 1.29 is 4.79 Å². The summed E-state index contributed by atoms with van der Waals surface area (Å²) >= 11 is 0. The van der Waals surface area contributed by atoms with Gasteiger partial charge < -0.3 is 4.90 Å². The molecule has 1 heterocycles. The van der Waals surface area contributed by atoms with Gasteiger partial charge in [0.05, 0.1) is 11.6 Å². The zero-order valence-electron chi connectivity index (χ0n) is 15.8. The molecule has 0 fully saturated rings. The van der Waals surface area contributed by atoms with Gasteiger partial charge in [-0.15, -0.1) is 0 Å². The average molecular weight is 366 g/mol. The highest BCUT2D eigenvalue weighted by atomic mass is 16.2. The molecule has 0 aliphatic carbocycles. The molecule has 28 heavy (non-hydrogen) atoms. The van der Waals surface area contributed by atoms with Gasteiger partial charge in [-0.25, -0.2) is 0 Å². The lowest BCUT2D eigenvalue weighted by Crippen LogP contribution is -2.33. The molecule has 3 nitrogen and oxygen atoms in total. The third-order valence-corrected chi connectivity index (χ3v) is 5.06. The maximum Gasteiger partial charge on any atom is 0.254 e. The monoisotopic (exact) mass is 366 g/mol. The number of benzene rings is 3. The molecule has 0 N–H and O–H groups in total. The van der Waals surface area contributed by atoms with Crippen molar-refractivity contribution in [1.29, 1.82) is 0 Å². The summed E-state index contributed by atoms with van der Waals surface area (Å²) in [6.07, 6.45) is 1.77. The Kier molecular flexibility index (Phi) is 5.16. The second kappa shape index (κ2) is 8.05. The molecular formula is C25H22N2O. The van der Waals surface area contributed by atoms with Crippen molar-refractivity contribution in [2.75, 3.05) is 0 Å². The summed E-state index contributed by atoms with van der Waals surface area (Å²) in [4.78, 5) is 19.8. The number of carbonyl (C=O) groups excluding carboxylic acids is 1. The van der Waals surface area contributed by atoms with Crippen molar-refractivity contribution >= 4 is 16.8 Å². The summed E-state index contributed by atoms with van der Waals surface area (Å²) in [6, 6.07) is 29.8. The summed E-state index contributed by atoms with van der Waals surface area (Å²) in [5.41, 5.74) is 3.80. The van der Waals surface area contributed by atoms with Crippen molar-refractivity contribution in [3.63, 3.8) is 0 Å². The summed E-state index contributed by atoms with van der Waals surface area (Å²) in [5.74, 6) is 0.0194. The number of pyridine rings is 1. The van der Waals surface area contributed by atoms with Crippen LogP contribution in [0.2, 0.25) is 0 Å². The van der Waals surface area contributed by atoms with E-state index in [9.17, 15) is 4.79 Å². The molecule has 1 unspecified atom stereocenters. The fraction of sp³-hybridized carbons (Fsp3) is 0.120. The normalized spacial score (nSPS) is 11.9. The minimum atomic E-state index is -0.0431. The van der Waals surface area contributed by atoms with Crippen LogP contribution in [0.1, 0.15) is 34.5 Å². The smallest absolute Gasteiger partial charge is 0.254 e. The summed E-state index contributed by atoms with van der Waals surface area (Å²) in [6.45, 7) is 2.64. The Balaban J connectivity index is 1.71. The van der Waals surface area contributed by atoms with Crippen LogP contribution < -0.4 is 0 Å². The van der Waals surface area contributed by atoms with Crippen LogP contribution in [0.5, 0.6) is 0 Å². The van der Waals surface area contributed by atoms with Crippen LogP contribution in [0.15, 0.2) is 97.2 Å². The molecule has 4 rings (SSSR count). The van der Waals surface area contributed by atoms with Crippen molar-refractivity contribution in [2.45, 2.75) is 19.5 Å². The molecule has 1 amide bonds. The lowest BCUT2D eigenvalue weighted by molar-refractivity contribution is 0.0674. The third-order valence-electron chi connectivity index (χ3n) is 5.06. The Hall–Kier alpha value is -3.46. The first kappa shape index (κ1) is 17.9. The van der Waals surface area contributed by atoms with E-state index in [4.69, 9.17) is 0 Å². The number of hydrogen-bond acceptors (Lipinski definition) is 2. The molecule has 0 saturated carbocycles. The van der Waals surface area contributed by atoms with E-state index in [1.807, 2.05) is 71.6 Å². The van der Waals surface area contributed by atoms with Crippen molar-refractivity contribution in [3.05, 3.63) is 114 Å². The molecule has 0 aliphatic heterocycles. The molecule has 1 atom stereocenters. The molecule has 3 heteroatoms. The predicted molar refractivity (Wildman–Crippen MR) is 113 cm³/mol. The topological polar surface area (TPSA) is 33.2 Å². The Labute approximate surface area is 165 Å². The van der Waals surface area contributed by atoms with Gasteiger partial charge in [-0.05, 0) is 42.3 Å². The number of nitrogens with zero attached hydrogens (tertiary/aromatic N) is 2. The SMILES string of the molecule is CC(c1ccccc1)N(Cc1ccccc1)C(=O)c1ccc2ncccc2c1. The molecule has 1 aromatic heterocycles. The molecular weight excluding hydrogens is 344 g/mol. The zero-order valence-corrected chi connectivity index (χ0v) is 15.8. The second-order valence-corrected chi connectivity index (χ2v) is 6.92. The number of hydrogen-bond donors (Lipinski definition) is 0. The van der Waals surface area contributed by atoms with Crippen LogP contribution in [0.25, 0.3) is 10.9 Å². The first-order valence-corrected chi connectivity index (χ1v) is 9.47. The van der Waals surface area contributed by atoms with Gasteiger partial charge in [0.15, 0.2) is 0 Å². The first-order chi connectivity index (χ1) is 13.7. The van der Waals surface area contributed by atoms with E-state index in [0.717, 1.165) is 22.0 Å². The number of aromatic nitrogens is 1. The van der Waals surface area contributed by atoms with Gasteiger partial charge in [0.25, 0.3) is 5.91 Å². The molecule has 138 valence electrons. The van der Waals surface area contributed by atoms with Crippen LogP contribution in [0, 0.1) is 0 Å². The molecule has 0 bridgehead atoms. The van der Waals surface area contributed by atoms with Gasteiger partial charge in [0, 0.05) is 23.7 Å². The second-order valence-electron chi connectivity index (χ2n) is 6.92. The Bertz CT molecular complexity index is 1080. The van der Waals surface area contributed by atoms with Gasteiger partial charge in [0.2, 0.25) is 0 Å². The van der Waals surface area contributed by atoms with Crippen LogP contribution >= 0.6 is 0 Å². The maximum absolute atomic E-state index is 13.5. The maximum atomic E-state index is 13.5. The van der Waals surface area contributed by atoms with Gasteiger partial charge in [-0.3, -0.25) is 9.78 Å². The van der Waals surface area contributed by atoms with Crippen molar-refractivity contribution in [1.82, 2.24) is 9.88 Å². The Morgan fingerprint density at radius 3 is 2.36 bits per heavy atom. The van der Waals surface area contributed by atoms with E-state index in [-0.39, 0.29) is 11.9 Å². The average Bonchev–Trinajstić information content (AvgIpc) is 2.77. The number of fused-ring (bicyclic) bond motifs is 1. The fourth-order valence-electron chi connectivity index (χ4n) is 3.45. The van der Waals surface area contributed by atoms with E-state index in [1.165, 1.54) is 0 Å². The minimum absolute atomic E-state index is 0.0194. The highest BCUT2D eigenvalue weighted by molar-refractivity contribution is 5.98. The van der Waals surface area contributed by atoms with Crippen LogP contribution in [-0.4, -0.2) is 15.8 Å². The van der Waals surface area contributed by atoms with Gasteiger partial charge in [0.1, 0.15) is 0 Å².